The predicted molar refractivity (Wildman–Crippen MR) is 96.4 cm³/mol. The maximum atomic E-state index is 12.4. The van der Waals surface area contributed by atoms with Gasteiger partial charge >= 0.3 is 0 Å². The van der Waals surface area contributed by atoms with E-state index >= 15 is 0 Å². The largest absolute Gasteiger partial charge is 0.497 e. The van der Waals surface area contributed by atoms with E-state index in [0.717, 1.165) is 16.9 Å². The highest BCUT2D eigenvalue weighted by Gasteiger charge is 2.12. The summed E-state index contributed by atoms with van der Waals surface area (Å²) in [4.78, 5) is 21.2. The smallest absolute Gasteiger partial charge is 0.254 e. The van der Waals surface area contributed by atoms with Gasteiger partial charge in [-0.3, -0.25) is 4.79 Å². The monoisotopic (exact) mass is 333 g/mol. The Bertz CT molecular complexity index is 862. The van der Waals surface area contributed by atoms with Gasteiger partial charge < -0.3 is 10.1 Å². The van der Waals surface area contributed by atoms with Crippen LogP contribution in [0.4, 0.5) is 0 Å². The molecule has 0 aliphatic carbocycles. The topological polar surface area (TPSA) is 64.1 Å². The quantitative estimate of drug-likeness (QED) is 0.777. The third kappa shape index (κ3) is 4.01. The van der Waals surface area contributed by atoms with Crippen molar-refractivity contribution < 1.29 is 9.53 Å². The minimum Gasteiger partial charge on any atom is -0.497 e. The average Bonchev–Trinajstić information content (AvgIpc) is 2.67. The van der Waals surface area contributed by atoms with Crippen molar-refractivity contribution in [2.45, 2.75) is 13.5 Å². The molecule has 3 rings (SSSR count). The lowest BCUT2D eigenvalue weighted by Crippen LogP contribution is -2.24. The lowest BCUT2D eigenvalue weighted by molar-refractivity contribution is 0.0949. The second kappa shape index (κ2) is 7.57. The summed E-state index contributed by atoms with van der Waals surface area (Å²) in [7, 11) is 1.62. The molecule has 2 aromatic carbocycles. The number of hydrogen-bond donors (Lipinski definition) is 1. The normalized spacial score (nSPS) is 10.3. The number of methoxy groups -OCH3 is 1. The van der Waals surface area contributed by atoms with E-state index in [0.29, 0.717) is 23.6 Å². The van der Waals surface area contributed by atoms with Gasteiger partial charge in [0, 0.05) is 18.3 Å². The number of rotatable bonds is 5. The molecule has 1 aromatic heterocycles. The molecule has 0 atom stereocenters. The van der Waals surface area contributed by atoms with Crippen LogP contribution in [0.3, 0.4) is 0 Å². The number of hydrogen-bond acceptors (Lipinski definition) is 4. The Morgan fingerprint density at radius 1 is 1.08 bits per heavy atom. The van der Waals surface area contributed by atoms with Gasteiger partial charge in [-0.2, -0.15) is 0 Å². The Morgan fingerprint density at radius 3 is 2.44 bits per heavy atom. The number of amides is 1. The number of ether oxygens (including phenoxy) is 1. The summed E-state index contributed by atoms with van der Waals surface area (Å²) < 4.78 is 5.15. The van der Waals surface area contributed by atoms with Gasteiger partial charge in [-0.25, -0.2) is 9.97 Å². The number of benzene rings is 2. The number of carbonyl (C=O) groups is 1. The van der Waals surface area contributed by atoms with Crippen molar-refractivity contribution in [1.29, 1.82) is 0 Å². The second-order valence-electron chi connectivity index (χ2n) is 5.59. The molecular formula is C20H19N3O2. The van der Waals surface area contributed by atoms with Crippen LogP contribution in [0.2, 0.25) is 0 Å². The zero-order chi connectivity index (χ0) is 17.6. The molecule has 0 aliphatic rings. The Labute approximate surface area is 146 Å². The molecule has 5 heteroatoms. The number of nitrogens with zero attached hydrogens (tertiary/aromatic N) is 2. The molecule has 0 aliphatic heterocycles. The fraction of sp³-hybridized carbons (Fsp3) is 0.150. The van der Waals surface area contributed by atoms with Crippen molar-refractivity contribution in [3.8, 4) is 17.1 Å². The van der Waals surface area contributed by atoms with Crippen LogP contribution in [0.5, 0.6) is 5.75 Å². The number of nitrogens with one attached hydrogen (secondary N) is 1. The third-order valence-corrected chi connectivity index (χ3v) is 3.87. The standard InChI is InChI=1S/C20H19N3O2/c1-14-18(20(24)22-12-15-6-4-3-5-7-15)13-21-19(23-14)16-8-10-17(25-2)11-9-16/h3-11,13H,12H2,1-2H3,(H,22,24). The summed E-state index contributed by atoms with van der Waals surface area (Å²) >= 11 is 0. The van der Waals surface area contributed by atoms with Crippen molar-refractivity contribution >= 4 is 5.91 Å². The molecule has 0 unspecified atom stereocenters. The Kier molecular flexibility index (Phi) is 5.04. The van der Waals surface area contributed by atoms with E-state index in [1.54, 1.807) is 13.3 Å². The molecule has 1 N–H and O–H groups in total. The van der Waals surface area contributed by atoms with Crippen LogP contribution in [0.25, 0.3) is 11.4 Å². The van der Waals surface area contributed by atoms with E-state index in [2.05, 4.69) is 15.3 Å². The first-order valence-corrected chi connectivity index (χ1v) is 7.97. The SMILES string of the molecule is COc1ccc(-c2ncc(C(=O)NCc3ccccc3)c(C)n2)cc1. The molecule has 3 aromatic rings. The van der Waals surface area contributed by atoms with E-state index in [4.69, 9.17) is 4.74 Å². The average molecular weight is 333 g/mol. The van der Waals surface area contributed by atoms with E-state index in [9.17, 15) is 4.79 Å². The van der Waals surface area contributed by atoms with Crippen LogP contribution in [0.15, 0.2) is 60.8 Å². The molecule has 25 heavy (non-hydrogen) atoms. The summed E-state index contributed by atoms with van der Waals surface area (Å²) in [6.07, 6.45) is 1.57. The van der Waals surface area contributed by atoms with Crippen molar-refractivity contribution in [3.63, 3.8) is 0 Å². The molecular weight excluding hydrogens is 314 g/mol. The summed E-state index contributed by atoms with van der Waals surface area (Å²) in [5.41, 5.74) is 3.05. The molecule has 0 bridgehead atoms. The van der Waals surface area contributed by atoms with Crippen LogP contribution in [-0.2, 0) is 6.54 Å². The zero-order valence-electron chi connectivity index (χ0n) is 14.2. The summed E-state index contributed by atoms with van der Waals surface area (Å²) in [5.74, 6) is 1.18. The van der Waals surface area contributed by atoms with Crippen LogP contribution >= 0.6 is 0 Å². The van der Waals surface area contributed by atoms with Gasteiger partial charge in [-0.15, -0.1) is 0 Å². The van der Waals surface area contributed by atoms with E-state index in [1.807, 2.05) is 61.5 Å². The Morgan fingerprint density at radius 2 is 1.80 bits per heavy atom. The van der Waals surface area contributed by atoms with E-state index in [1.165, 1.54) is 0 Å². The molecule has 1 amide bonds. The second-order valence-corrected chi connectivity index (χ2v) is 5.59. The lowest BCUT2D eigenvalue weighted by atomic mass is 10.1. The van der Waals surface area contributed by atoms with E-state index < -0.39 is 0 Å². The molecule has 0 spiro atoms. The van der Waals surface area contributed by atoms with Gasteiger partial charge in [0.15, 0.2) is 5.82 Å². The van der Waals surface area contributed by atoms with Crippen LogP contribution in [0.1, 0.15) is 21.6 Å². The van der Waals surface area contributed by atoms with Crippen molar-refractivity contribution in [1.82, 2.24) is 15.3 Å². The minimum atomic E-state index is -0.178. The first kappa shape index (κ1) is 16.6. The highest BCUT2D eigenvalue weighted by Crippen LogP contribution is 2.20. The maximum Gasteiger partial charge on any atom is 0.254 e. The molecule has 0 radical (unpaired) electrons. The molecule has 0 saturated carbocycles. The summed E-state index contributed by atoms with van der Waals surface area (Å²) in [6.45, 7) is 2.28. The van der Waals surface area contributed by atoms with E-state index in [-0.39, 0.29) is 5.91 Å². The first-order chi connectivity index (χ1) is 12.2. The van der Waals surface area contributed by atoms with Crippen LogP contribution < -0.4 is 10.1 Å². The molecule has 0 fully saturated rings. The molecule has 5 nitrogen and oxygen atoms in total. The predicted octanol–water partition coefficient (Wildman–Crippen LogP) is 3.39. The van der Waals surface area contributed by atoms with Gasteiger partial charge in [-0.05, 0) is 36.8 Å². The van der Waals surface area contributed by atoms with Gasteiger partial charge in [-0.1, -0.05) is 30.3 Å². The molecule has 126 valence electrons. The fourth-order valence-corrected chi connectivity index (χ4v) is 2.44. The Hall–Kier alpha value is -3.21. The van der Waals surface area contributed by atoms with Crippen molar-refractivity contribution in [2.24, 2.45) is 0 Å². The summed E-state index contributed by atoms with van der Waals surface area (Å²) in [6, 6.07) is 17.3. The first-order valence-electron chi connectivity index (χ1n) is 7.97. The molecule has 0 saturated heterocycles. The highest BCUT2D eigenvalue weighted by atomic mass is 16.5. The van der Waals surface area contributed by atoms with Crippen molar-refractivity contribution in [3.05, 3.63) is 77.6 Å². The fourth-order valence-electron chi connectivity index (χ4n) is 2.44. The van der Waals surface area contributed by atoms with Gasteiger partial charge in [0.1, 0.15) is 5.75 Å². The van der Waals surface area contributed by atoms with Gasteiger partial charge in [0.25, 0.3) is 5.91 Å². The third-order valence-electron chi connectivity index (χ3n) is 3.87. The van der Waals surface area contributed by atoms with Crippen LogP contribution in [-0.4, -0.2) is 23.0 Å². The zero-order valence-corrected chi connectivity index (χ0v) is 14.2. The number of aromatic nitrogens is 2. The van der Waals surface area contributed by atoms with Gasteiger partial charge in [0.05, 0.1) is 18.4 Å². The summed E-state index contributed by atoms with van der Waals surface area (Å²) in [5, 5.41) is 2.89. The van der Waals surface area contributed by atoms with Crippen LogP contribution in [0, 0.1) is 6.92 Å². The maximum absolute atomic E-state index is 12.4. The molecule has 1 heterocycles. The Balaban J connectivity index is 1.73. The minimum absolute atomic E-state index is 0.178. The number of aryl methyl sites for hydroxylation is 1. The van der Waals surface area contributed by atoms with Gasteiger partial charge in [0.2, 0.25) is 0 Å². The van der Waals surface area contributed by atoms with Crippen molar-refractivity contribution in [2.75, 3.05) is 7.11 Å². The number of carbonyl (C=O) groups excluding carboxylic acids is 1. The highest BCUT2D eigenvalue weighted by molar-refractivity contribution is 5.95. The lowest BCUT2D eigenvalue weighted by Gasteiger charge is -2.09.